The topological polar surface area (TPSA) is 123 Å². The van der Waals surface area contributed by atoms with E-state index in [0.717, 1.165) is 5.69 Å². The van der Waals surface area contributed by atoms with Crippen LogP contribution in [0, 0.1) is 0 Å². The molecule has 29 heavy (non-hydrogen) atoms. The molecule has 1 saturated carbocycles. The lowest BCUT2D eigenvalue weighted by Gasteiger charge is -2.42. The normalized spacial score (nSPS) is 36.1. The van der Waals surface area contributed by atoms with Crippen molar-refractivity contribution >= 4 is 27.6 Å². The molecule has 0 radical (unpaired) electrons. The number of rotatable bonds is 2. The van der Waals surface area contributed by atoms with Crippen molar-refractivity contribution in [3.05, 3.63) is 30.3 Å². The largest absolute Gasteiger partial charge is 0.338 e. The van der Waals surface area contributed by atoms with Gasteiger partial charge in [0, 0.05) is 0 Å². The first-order valence-corrected chi connectivity index (χ1v) is 11.7. The molecule has 1 unspecified atom stereocenters. The SMILES string of the molecule is O=C1NC2(CCC3(CC2)NC(=O)N(C2CCS(=O)(=O)C2)N3)NN1c1ccccc1. The zero-order chi connectivity index (χ0) is 20.3. The lowest BCUT2D eigenvalue weighted by atomic mass is 9.82. The highest BCUT2D eigenvalue weighted by Gasteiger charge is 2.54. The summed E-state index contributed by atoms with van der Waals surface area (Å²) < 4.78 is 23.6. The van der Waals surface area contributed by atoms with E-state index in [2.05, 4.69) is 21.5 Å². The van der Waals surface area contributed by atoms with Gasteiger partial charge in [0.25, 0.3) is 0 Å². The first kappa shape index (κ1) is 18.6. The molecule has 3 aliphatic heterocycles. The summed E-state index contributed by atoms with van der Waals surface area (Å²) in [5.41, 5.74) is 6.15. The Morgan fingerprint density at radius 1 is 0.897 bits per heavy atom. The Labute approximate surface area is 168 Å². The van der Waals surface area contributed by atoms with Gasteiger partial charge in [0.15, 0.2) is 9.84 Å². The molecule has 0 aromatic heterocycles. The molecular weight excluding hydrogens is 396 g/mol. The van der Waals surface area contributed by atoms with E-state index < -0.39 is 21.2 Å². The van der Waals surface area contributed by atoms with Crippen LogP contribution in [0.4, 0.5) is 15.3 Å². The van der Waals surface area contributed by atoms with Crippen molar-refractivity contribution in [2.75, 3.05) is 16.5 Å². The van der Waals surface area contributed by atoms with E-state index in [-0.39, 0.29) is 29.6 Å². The van der Waals surface area contributed by atoms with Crippen LogP contribution in [0.5, 0.6) is 0 Å². The molecule has 1 aromatic rings. The Morgan fingerprint density at radius 2 is 1.52 bits per heavy atom. The van der Waals surface area contributed by atoms with Crippen molar-refractivity contribution in [3.8, 4) is 0 Å². The highest BCUT2D eigenvalue weighted by atomic mass is 32.2. The minimum Gasteiger partial charge on any atom is -0.317 e. The number of nitrogens with one attached hydrogen (secondary N) is 4. The van der Waals surface area contributed by atoms with E-state index in [4.69, 9.17) is 0 Å². The van der Waals surface area contributed by atoms with Gasteiger partial charge in [0.05, 0.1) is 23.2 Å². The fourth-order valence-electron chi connectivity index (χ4n) is 4.70. The maximum atomic E-state index is 12.5. The van der Waals surface area contributed by atoms with Gasteiger partial charge in [-0.3, -0.25) is 5.01 Å². The van der Waals surface area contributed by atoms with Gasteiger partial charge in [-0.2, -0.15) is 0 Å². The van der Waals surface area contributed by atoms with Crippen LogP contribution < -0.4 is 26.5 Å². The molecule has 4 fully saturated rings. The third-order valence-electron chi connectivity index (χ3n) is 6.32. The summed E-state index contributed by atoms with van der Waals surface area (Å²) in [5, 5.41) is 9.05. The molecule has 2 spiro atoms. The number of hydrogen-bond donors (Lipinski definition) is 4. The molecule has 4 N–H and O–H groups in total. The number of urea groups is 2. The molecule has 11 heteroatoms. The van der Waals surface area contributed by atoms with E-state index in [9.17, 15) is 18.0 Å². The summed E-state index contributed by atoms with van der Waals surface area (Å²) in [6.07, 6.45) is 2.89. The second kappa shape index (κ2) is 6.31. The maximum Gasteiger partial charge on any atom is 0.338 e. The van der Waals surface area contributed by atoms with Gasteiger partial charge < -0.3 is 10.6 Å². The van der Waals surface area contributed by atoms with Gasteiger partial charge in [0.1, 0.15) is 11.3 Å². The quantitative estimate of drug-likeness (QED) is 0.549. The zero-order valence-electron chi connectivity index (χ0n) is 15.8. The van der Waals surface area contributed by atoms with Gasteiger partial charge in [-0.15, -0.1) is 0 Å². The van der Waals surface area contributed by atoms with Crippen LogP contribution in [0.2, 0.25) is 0 Å². The average Bonchev–Trinajstić information content (AvgIpc) is 3.33. The summed E-state index contributed by atoms with van der Waals surface area (Å²) in [6.45, 7) is 0. The molecule has 3 heterocycles. The van der Waals surface area contributed by atoms with E-state index in [0.29, 0.717) is 32.1 Å². The van der Waals surface area contributed by atoms with Crippen LogP contribution in [0.25, 0.3) is 0 Å². The average molecular weight is 420 g/mol. The van der Waals surface area contributed by atoms with Crippen molar-refractivity contribution < 1.29 is 18.0 Å². The monoisotopic (exact) mass is 420 g/mol. The fraction of sp³-hybridized carbons (Fsp3) is 0.556. The minimum absolute atomic E-state index is 0.00289. The second-order valence-corrected chi connectivity index (χ2v) is 10.6. The standard InChI is InChI=1S/C18H24N6O4S/c25-15-19-17(21-23(15)13-4-2-1-3-5-13)7-9-18(10-8-17)20-16(26)24(22-18)14-6-11-29(27,28)12-14/h1-5,14,21-22H,6-12H2,(H,19,25)(H,20,26). The number of carbonyl (C=O) groups is 2. The third kappa shape index (κ3) is 3.22. The molecule has 0 bridgehead atoms. The maximum absolute atomic E-state index is 12.5. The molecule has 5 rings (SSSR count). The highest BCUT2D eigenvalue weighted by molar-refractivity contribution is 7.91. The number of carbonyl (C=O) groups excluding carboxylic acids is 2. The predicted molar refractivity (Wildman–Crippen MR) is 105 cm³/mol. The summed E-state index contributed by atoms with van der Waals surface area (Å²) >= 11 is 0. The number of amides is 4. The Bertz CT molecular complexity index is 944. The van der Waals surface area contributed by atoms with Crippen LogP contribution in [-0.4, -0.2) is 54.4 Å². The van der Waals surface area contributed by atoms with Crippen LogP contribution in [0.15, 0.2) is 30.3 Å². The second-order valence-electron chi connectivity index (χ2n) is 8.35. The van der Waals surface area contributed by atoms with Crippen molar-refractivity contribution in [1.29, 1.82) is 0 Å². The first-order chi connectivity index (χ1) is 13.8. The molecule has 1 aliphatic carbocycles. The van der Waals surface area contributed by atoms with Crippen molar-refractivity contribution in [1.82, 2.24) is 26.5 Å². The van der Waals surface area contributed by atoms with Crippen LogP contribution in [0.3, 0.4) is 0 Å². The lowest BCUT2D eigenvalue weighted by molar-refractivity contribution is 0.0917. The van der Waals surface area contributed by atoms with Gasteiger partial charge in [-0.05, 0) is 44.2 Å². The first-order valence-electron chi connectivity index (χ1n) is 9.84. The number of sulfone groups is 1. The van der Waals surface area contributed by atoms with Crippen molar-refractivity contribution in [3.63, 3.8) is 0 Å². The number of hydrazine groups is 2. The van der Waals surface area contributed by atoms with Gasteiger partial charge in [-0.25, -0.2) is 33.9 Å². The molecule has 156 valence electrons. The fourth-order valence-corrected chi connectivity index (χ4v) is 6.40. The van der Waals surface area contributed by atoms with E-state index in [1.165, 1.54) is 10.0 Å². The van der Waals surface area contributed by atoms with Crippen LogP contribution >= 0.6 is 0 Å². The number of anilines is 1. The number of para-hydroxylation sites is 1. The summed E-state index contributed by atoms with van der Waals surface area (Å²) in [7, 11) is -3.08. The molecular formula is C18H24N6O4S. The molecule has 1 atom stereocenters. The number of hydrogen-bond acceptors (Lipinski definition) is 6. The molecule has 1 aromatic carbocycles. The molecule has 4 amide bonds. The van der Waals surface area contributed by atoms with E-state index in [1.54, 1.807) is 0 Å². The molecule has 10 nitrogen and oxygen atoms in total. The summed E-state index contributed by atoms with van der Waals surface area (Å²) in [6, 6.07) is 8.55. The van der Waals surface area contributed by atoms with E-state index >= 15 is 0 Å². The van der Waals surface area contributed by atoms with Crippen molar-refractivity contribution in [2.45, 2.75) is 49.5 Å². The van der Waals surface area contributed by atoms with Gasteiger partial charge >= 0.3 is 12.1 Å². The third-order valence-corrected chi connectivity index (χ3v) is 8.07. The zero-order valence-corrected chi connectivity index (χ0v) is 16.7. The Morgan fingerprint density at radius 3 is 2.14 bits per heavy atom. The smallest absolute Gasteiger partial charge is 0.317 e. The van der Waals surface area contributed by atoms with Crippen LogP contribution in [-0.2, 0) is 9.84 Å². The Balaban J connectivity index is 1.26. The minimum atomic E-state index is -3.08. The predicted octanol–water partition coefficient (Wildman–Crippen LogP) is 0.404. The summed E-state index contributed by atoms with van der Waals surface area (Å²) in [5.74, 6) is 0.113. The number of benzene rings is 1. The Kier molecular flexibility index (Phi) is 4.06. The van der Waals surface area contributed by atoms with Crippen LogP contribution in [0.1, 0.15) is 32.1 Å². The van der Waals surface area contributed by atoms with Gasteiger partial charge in [0.2, 0.25) is 0 Å². The lowest BCUT2D eigenvalue weighted by Crippen LogP contribution is -2.62. The molecule has 4 aliphatic rings. The van der Waals surface area contributed by atoms with Gasteiger partial charge in [-0.1, -0.05) is 18.2 Å². The molecule has 3 saturated heterocycles. The Hall–Kier alpha value is -2.37. The number of nitrogens with zero attached hydrogens (tertiary/aromatic N) is 2. The van der Waals surface area contributed by atoms with E-state index in [1.807, 2.05) is 30.3 Å². The summed E-state index contributed by atoms with van der Waals surface area (Å²) in [4.78, 5) is 25.0. The van der Waals surface area contributed by atoms with Crippen molar-refractivity contribution in [2.24, 2.45) is 0 Å². The highest BCUT2D eigenvalue weighted by Crippen LogP contribution is 2.37.